The van der Waals surface area contributed by atoms with Crippen molar-refractivity contribution in [3.05, 3.63) is 72.2 Å². The van der Waals surface area contributed by atoms with Crippen molar-refractivity contribution in [1.82, 2.24) is 20.1 Å². The molecule has 2 amide bonds. The molecule has 0 aliphatic rings. The van der Waals surface area contributed by atoms with Crippen molar-refractivity contribution in [2.75, 3.05) is 23.3 Å². The lowest BCUT2D eigenvalue weighted by molar-refractivity contribution is -0.116. The zero-order chi connectivity index (χ0) is 21.3. The van der Waals surface area contributed by atoms with Crippen LogP contribution in [0.15, 0.2) is 61.1 Å². The van der Waals surface area contributed by atoms with E-state index in [4.69, 9.17) is 0 Å². The van der Waals surface area contributed by atoms with E-state index in [1.807, 2.05) is 30.3 Å². The number of benzene rings is 1. The van der Waals surface area contributed by atoms with Gasteiger partial charge in [0.25, 0.3) is 5.91 Å². The van der Waals surface area contributed by atoms with Gasteiger partial charge in [0, 0.05) is 43.9 Å². The SMILES string of the molecule is CCN(CC)c1ccc(C(=O)NCc2cccc(NC(=O)Cn3cccn3)c2)cn1. The summed E-state index contributed by atoms with van der Waals surface area (Å²) in [6.45, 7) is 6.36. The van der Waals surface area contributed by atoms with Gasteiger partial charge in [-0.1, -0.05) is 12.1 Å². The standard InChI is InChI=1S/C22H26N6O2/c1-3-27(4-2)20-10-9-18(15-23-20)22(30)24-14-17-7-5-8-19(13-17)26-21(29)16-28-12-6-11-25-28/h5-13,15H,3-4,14,16H2,1-2H3,(H,24,30)(H,26,29). The molecule has 1 aromatic carbocycles. The Balaban J connectivity index is 1.54. The third-order valence-corrected chi connectivity index (χ3v) is 4.63. The molecule has 2 N–H and O–H groups in total. The average molecular weight is 406 g/mol. The molecule has 0 bridgehead atoms. The fraction of sp³-hybridized carbons (Fsp3) is 0.273. The highest BCUT2D eigenvalue weighted by molar-refractivity contribution is 5.94. The molecule has 0 fully saturated rings. The lowest BCUT2D eigenvalue weighted by atomic mass is 10.2. The smallest absolute Gasteiger partial charge is 0.253 e. The summed E-state index contributed by atoms with van der Waals surface area (Å²) >= 11 is 0. The van der Waals surface area contributed by atoms with E-state index in [9.17, 15) is 9.59 Å². The minimum Gasteiger partial charge on any atom is -0.357 e. The molecule has 0 aliphatic carbocycles. The summed E-state index contributed by atoms with van der Waals surface area (Å²) in [6, 6.07) is 12.8. The van der Waals surface area contributed by atoms with Crippen molar-refractivity contribution in [3.8, 4) is 0 Å². The molecule has 3 rings (SSSR count). The lowest BCUT2D eigenvalue weighted by Crippen LogP contribution is -2.25. The van der Waals surface area contributed by atoms with Crippen LogP contribution in [0.2, 0.25) is 0 Å². The Hall–Kier alpha value is -3.68. The highest BCUT2D eigenvalue weighted by atomic mass is 16.2. The molecule has 0 spiro atoms. The van der Waals surface area contributed by atoms with Gasteiger partial charge < -0.3 is 15.5 Å². The second-order valence-electron chi connectivity index (χ2n) is 6.71. The molecule has 0 saturated carbocycles. The van der Waals surface area contributed by atoms with Crippen molar-refractivity contribution in [3.63, 3.8) is 0 Å². The summed E-state index contributed by atoms with van der Waals surface area (Å²) < 4.78 is 1.55. The number of amides is 2. The van der Waals surface area contributed by atoms with Crippen molar-refractivity contribution in [1.29, 1.82) is 0 Å². The zero-order valence-electron chi connectivity index (χ0n) is 17.2. The summed E-state index contributed by atoms with van der Waals surface area (Å²) in [6.07, 6.45) is 4.95. The average Bonchev–Trinajstić information content (AvgIpc) is 3.26. The van der Waals surface area contributed by atoms with Crippen LogP contribution < -0.4 is 15.5 Å². The molecule has 2 aromatic heterocycles. The van der Waals surface area contributed by atoms with Gasteiger partial charge in [-0.2, -0.15) is 5.10 Å². The van der Waals surface area contributed by atoms with Crippen molar-refractivity contribution < 1.29 is 9.59 Å². The Kier molecular flexibility index (Phi) is 7.15. The highest BCUT2D eigenvalue weighted by Gasteiger charge is 2.09. The van der Waals surface area contributed by atoms with Crippen LogP contribution in [0, 0.1) is 0 Å². The molecular weight excluding hydrogens is 380 g/mol. The predicted octanol–water partition coefficient (Wildman–Crippen LogP) is 2.69. The molecular formula is C22H26N6O2. The highest BCUT2D eigenvalue weighted by Crippen LogP contribution is 2.13. The summed E-state index contributed by atoms with van der Waals surface area (Å²) in [5.41, 5.74) is 2.06. The number of nitrogens with zero attached hydrogens (tertiary/aromatic N) is 4. The van der Waals surface area contributed by atoms with Gasteiger partial charge >= 0.3 is 0 Å². The third kappa shape index (κ3) is 5.66. The van der Waals surface area contributed by atoms with Crippen LogP contribution in [0.3, 0.4) is 0 Å². The van der Waals surface area contributed by atoms with Gasteiger partial charge in [-0.25, -0.2) is 4.98 Å². The van der Waals surface area contributed by atoms with E-state index in [-0.39, 0.29) is 18.4 Å². The van der Waals surface area contributed by atoms with Gasteiger partial charge in [0.1, 0.15) is 12.4 Å². The van der Waals surface area contributed by atoms with Crippen LogP contribution in [0.1, 0.15) is 29.8 Å². The normalized spacial score (nSPS) is 10.5. The number of rotatable bonds is 9. The fourth-order valence-electron chi connectivity index (χ4n) is 3.04. The molecule has 30 heavy (non-hydrogen) atoms. The predicted molar refractivity (Wildman–Crippen MR) is 116 cm³/mol. The summed E-state index contributed by atoms with van der Waals surface area (Å²) in [4.78, 5) is 31.0. The van der Waals surface area contributed by atoms with E-state index >= 15 is 0 Å². The number of pyridine rings is 1. The summed E-state index contributed by atoms with van der Waals surface area (Å²) in [5, 5.41) is 9.75. The molecule has 0 radical (unpaired) electrons. The van der Waals surface area contributed by atoms with Crippen LogP contribution in [0.4, 0.5) is 11.5 Å². The minimum atomic E-state index is -0.193. The second-order valence-corrected chi connectivity index (χ2v) is 6.71. The Labute approximate surface area is 175 Å². The lowest BCUT2D eigenvalue weighted by Gasteiger charge is -2.19. The maximum absolute atomic E-state index is 12.4. The van der Waals surface area contributed by atoms with Crippen LogP contribution >= 0.6 is 0 Å². The first kappa shape index (κ1) is 21.0. The molecule has 0 aliphatic heterocycles. The number of anilines is 2. The van der Waals surface area contributed by atoms with E-state index in [0.29, 0.717) is 17.8 Å². The Morgan fingerprint density at radius 1 is 1.10 bits per heavy atom. The molecule has 3 aromatic rings. The number of carbonyl (C=O) groups excluding carboxylic acids is 2. The maximum atomic E-state index is 12.4. The van der Waals surface area contributed by atoms with E-state index in [1.165, 1.54) is 0 Å². The number of carbonyl (C=O) groups is 2. The summed E-state index contributed by atoms with van der Waals surface area (Å²) in [5.74, 6) is 0.496. The van der Waals surface area contributed by atoms with Gasteiger partial charge in [-0.3, -0.25) is 14.3 Å². The van der Waals surface area contributed by atoms with Gasteiger partial charge in [0.05, 0.1) is 5.56 Å². The van der Waals surface area contributed by atoms with E-state index in [0.717, 1.165) is 24.5 Å². The Morgan fingerprint density at radius 3 is 2.60 bits per heavy atom. The van der Waals surface area contributed by atoms with Crippen LogP contribution in [0.25, 0.3) is 0 Å². The van der Waals surface area contributed by atoms with Crippen LogP contribution in [-0.2, 0) is 17.9 Å². The number of hydrogen-bond acceptors (Lipinski definition) is 5. The second kappa shape index (κ2) is 10.2. The van der Waals surface area contributed by atoms with Gasteiger partial charge in [-0.15, -0.1) is 0 Å². The third-order valence-electron chi connectivity index (χ3n) is 4.63. The van der Waals surface area contributed by atoms with Crippen molar-refractivity contribution in [2.45, 2.75) is 26.9 Å². The van der Waals surface area contributed by atoms with E-state index in [2.05, 4.69) is 39.5 Å². The monoisotopic (exact) mass is 406 g/mol. The molecule has 2 heterocycles. The fourth-order valence-corrected chi connectivity index (χ4v) is 3.04. The Morgan fingerprint density at radius 2 is 1.93 bits per heavy atom. The minimum absolute atomic E-state index is 0.143. The quantitative estimate of drug-likeness (QED) is 0.570. The molecule has 0 atom stereocenters. The number of hydrogen-bond donors (Lipinski definition) is 2. The van der Waals surface area contributed by atoms with Crippen LogP contribution in [-0.4, -0.2) is 39.7 Å². The van der Waals surface area contributed by atoms with Crippen LogP contribution in [0.5, 0.6) is 0 Å². The molecule has 8 heteroatoms. The Bertz CT molecular complexity index is 966. The van der Waals surface area contributed by atoms with Gasteiger partial charge in [0.15, 0.2) is 0 Å². The topological polar surface area (TPSA) is 92.2 Å². The molecule has 0 saturated heterocycles. The van der Waals surface area contributed by atoms with Gasteiger partial charge in [0.2, 0.25) is 5.91 Å². The first-order chi connectivity index (χ1) is 14.6. The van der Waals surface area contributed by atoms with Gasteiger partial charge in [-0.05, 0) is 49.7 Å². The zero-order valence-corrected chi connectivity index (χ0v) is 17.2. The number of nitrogens with one attached hydrogen (secondary N) is 2. The molecule has 156 valence electrons. The number of aromatic nitrogens is 3. The van der Waals surface area contributed by atoms with E-state index < -0.39 is 0 Å². The first-order valence-corrected chi connectivity index (χ1v) is 9.94. The van der Waals surface area contributed by atoms with E-state index in [1.54, 1.807) is 35.4 Å². The largest absolute Gasteiger partial charge is 0.357 e. The maximum Gasteiger partial charge on any atom is 0.253 e. The van der Waals surface area contributed by atoms with Crippen molar-refractivity contribution >= 4 is 23.3 Å². The summed E-state index contributed by atoms with van der Waals surface area (Å²) in [7, 11) is 0. The molecule has 8 nitrogen and oxygen atoms in total. The molecule has 0 unspecified atom stereocenters. The van der Waals surface area contributed by atoms with Crippen molar-refractivity contribution in [2.24, 2.45) is 0 Å². The first-order valence-electron chi connectivity index (χ1n) is 9.94.